The Morgan fingerprint density at radius 1 is 1.00 bits per heavy atom. The third-order valence-corrected chi connectivity index (χ3v) is 7.56. The number of rotatable bonds is 6. The predicted octanol–water partition coefficient (Wildman–Crippen LogP) is 6.21. The molecule has 2 aromatic carbocycles. The van der Waals surface area contributed by atoms with Crippen molar-refractivity contribution >= 4 is 28.8 Å². The fourth-order valence-electron chi connectivity index (χ4n) is 4.86. The molecule has 6 heteroatoms. The van der Waals surface area contributed by atoms with Crippen LogP contribution in [0.5, 0.6) is 0 Å². The first-order valence-corrected chi connectivity index (χ1v) is 12.9. The maximum atomic E-state index is 14.1. The lowest BCUT2D eigenvalue weighted by atomic mass is 9.94. The van der Waals surface area contributed by atoms with Crippen LogP contribution in [0, 0.1) is 27.7 Å². The van der Waals surface area contributed by atoms with Gasteiger partial charge in [0.2, 0.25) is 5.91 Å². The Hall–Kier alpha value is -2.99. The molecule has 1 aliphatic carbocycles. The number of anilines is 1. The highest BCUT2D eigenvalue weighted by Crippen LogP contribution is 2.34. The van der Waals surface area contributed by atoms with Crippen LogP contribution in [0.1, 0.15) is 75.2 Å². The average molecular weight is 476 g/mol. The van der Waals surface area contributed by atoms with Crippen molar-refractivity contribution in [3.63, 3.8) is 0 Å². The number of carbonyl (C=O) groups is 2. The Morgan fingerprint density at radius 3 is 2.32 bits per heavy atom. The molecule has 2 amide bonds. The van der Waals surface area contributed by atoms with Gasteiger partial charge >= 0.3 is 0 Å². The highest BCUT2D eigenvalue weighted by Gasteiger charge is 2.36. The van der Waals surface area contributed by atoms with E-state index in [0.717, 1.165) is 53.1 Å². The van der Waals surface area contributed by atoms with Crippen LogP contribution in [0.2, 0.25) is 0 Å². The van der Waals surface area contributed by atoms with E-state index in [1.807, 2.05) is 70.2 Å². The number of aryl methyl sites for hydroxylation is 4. The average Bonchev–Trinajstić information content (AvgIpc) is 3.16. The lowest BCUT2D eigenvalue weighted by Gasteiger charge is -2.34. The van der Waals surface area contributed by atoms with Gasteiger partial charge in [-0.05, 0) is 57.7 Å². The summed E-state index contributed by atoms with van der Waals surface area (Å²) in [5.74, 6) is -0.326. The summed E-state index contributed by atoms with van der Waals surface area (Å²) in [6.07, 6.45) is 5.43. The Morgan fingerprint density at radius 2 is 1.71 bits per heavy atom. The number of nitrogens with one attached hydrogen (secondary N) is 1. The van der Waals surface area contributed by atoms with E-state index >= 15 is 0 Å². The zero-order valence-electron chi connectivity index (χ0n) is 20.4. The van der Waals surface area contributed by atoms with E-state index in [-0.39, 0.29) is 17.9 Å². The van der Waals surface area contributed by atoms with E-state index in [4.69, 9.17) is 0 Å². The molecule has 5 nitrogen and oxygen atoms in total. The molecule has 1 N–H and O–H groups in total. The molecule has 0 spiro atoms. The van der Waals surface area contributed by atoms with E-state index < -0.39 is 6.04 Å². The zero-order valence-corrected chi connectivity index (χ0v) is 21.2. The molecule has 1 saturated carbocycles. The highest BCUT2D eigenvalue weighted by atomic mass is 32.1. The molecule has 1 aromatic heterocycles. The molecule has 0 radical (unpaired) electrons. The summed E-state index contributed by atoms with van der Waals surface area (Å²) in [6.45, 7) is 7.79. The van der Waals surface area contributed by atoms with Crippen molar-refractivity contribution in [3.8, 4) is 0 Å². The first kappa shape index (κ1) is 24.1. The van der Waals surface area contributed by atoms with Crippen LogP contribution < -0.4 is 10.2 Å². The van der Waals surface area contributed by atoms with E-state index in [2.05, 4.69) is 16.4 Å². The summed E-state index contributed by atoms with van der Waals surface area (Å²) in [5.41, 5.74) is 4.30. The van der Waals surface area contributed by atoms with E-state index in [1.54, 1.807) is 4.90 Å². The number of nitrogens with zero attached hydrogens (tertiary/aromatic N) is 2. The van der Waals surface area contributed by atoms with Gasteiger partial charge in [0, 0.05) is 11.7 Å². The predicted molar refractivity (Wildman–Crippen MR) is 139 cm³/mol. The molecule has 0 unspecified atom stereocenters. The largest absolute Gasteiger partial charge is 0.351 e. The second-order valence-electron chi connectivity index (χ2n) is 9.27. The lowest BCUT2D eigenvalue weighted by molar-refractivity contribution is -0.123. The Labute approximate surface area is 206 Å². The van der Waals surface area contributed by atoms with Gasteiger partial charge in [-0.1, -0.05) is 67.3 Å². The van der Waals surface area contributed by atoms with E-state index in [0.29, 0.717) is 10.6 Å². The van der Waals surface area contributed by atoms with Crippen molar-refractivity contribution in [1.29, 1.82) is 0 Å². The van der Waals surface area contributed by atoms with Crippen LogP contribution >= 0.6 is 11.3 Å². The second kappa shape index (κ2) is 10.5. The maximum Gasteiger partial charge on any atom is 0.271 e. The number of hydrogen-bond donors (Lipinski definition) is 1. The van der Waals surface area contributed by atoms with Gasteiger partial charge < -0.3 is 5.32 Å². The number of benzene rings is 2. The molecule has 1 fully saturated rings. The van der Waals surface area contributed by atoms with Crippen LogP contribution in [-0.4, -0.2) is 22.8 Å². The molecule has 178 valence electrons. The van der Waals surface area contributed by atoms with Crippen LogP contribution in [0.4, 0.5) is 5.69 Å². The van der Waals surface area contributed by atoms with Crippen LogP contribution in [0.3, 0.4) is 0 Å². The molecule has 1 heterocycles. The summed E-state index contributed by atoms with van der Waals surface area (Å²) < 4.78 is 0. The van der Waals surface area contributed by atoms with Crippen molar-refractivity contribution in [2.45, 2.75) is 71.9 Å². The summed E-state index contributed by atoms with van der Waals surface area (Å²) in [4.78, 5) is 34.8. The second-order valence-corrected chi connectivity index (χ2v) is 10.5. The van der Waals surface area contributed by atoms with Crippen LogP contribution in [-0.2, 0) is 4.79 Å². The first-order valence-electron chi connectivity index (χ1n) is 12.1. The van der Waals surface area contributed by atoms with Gasteiger partial charge in [0.15, 0.2) is 0 Å². The minimum Gasteiger partial charge on any atom is -0.351 e. The van der Waals surface area contributed by atoms with Crippen molar-refractivity contribution in [1.82, 2.24) is 10.3 Å². The SMILES string of the molecule is Cc1ccc(N(C(=O)c2sc(C)nc2C)[C@@H](C(=O)NC2CCCCC2)c2ccccc2)c(C)c1. The zero-order chi connectivity index (χ0) is 24.2. The molecule has 3 aromatic rings. The summed E-state index contributed by atoms with van der Waals surface area (Å²) >= 11 is 1.38. The lowest BCUT2D eigenvalue weighted by Crippen LogP contribution is -2.47. The van der Waals surface area contributed by atoms with Crippen molar-refractivity contribution < 1.29 is 9.59 Å². The fraction of sp³-hybridized carbons (Fsp3) is 0.393. The van der Waals surface area contributed by atoms with Gasteiger partial charge in [-0.3, -0.25) is 14.5 Å². The number of aromatic nitrogens is 1. The van der Waals surface area contributed by atoms with Crippen molar-refractivity contribution in [2.24, 2.45) is 0 Å². The minimum absolute atomic E-state index is 0.134. The molecule has 1 aliphatic rings. The molecule has 1 atom stereocenters. The van der Waals surface area contributed by atoms with Crippen LogP contribution in [0.25, 0.3) is 0 Å². The van der Waals surface area contributed by atoms with E-state index in [1.165, 1.54) is 17.8 Å². The summed E-state index contributed by atoms with van der Waals surface area (Å²) in [5, 5.41) is 4.12. The number of amides is 2. The van der Waals surface area contributed by atoms with E-state index in [9.17, 15) is 9.59 Å². The first-order chi connectivity index (χ1) is 16.3. The third-order valence-electron chi connectivity index (χ3n) is 6.50. The fourth-order valence-corrected chi connectivity index (χ4v) is 5.72. The van der Waals surface area contributed by atoms with Gasteiger partial charge in [0.05, 0.1) is 10.7 Å². The van der Waals surface area contributed by atoms with Gasteiger partial charge in [-0.25, -0.2) is 4.98 Å². The quantitative estimate of drug-likeness (QED) is 0.461. The summed E-state index contributed by atoms with van der Waals surface area (Å²) in [7, 11) is 0. The molecule has 0 bridgehead atoms. The number of thiazole rings is 1. The third kappa shape index (κ3) is 5.22. The molecule has 0 saturated heterocycles. The van der Waals surface area contributed by atoms with Gasteiger partial charge in [0.25, 0.3) is 5.91 Å². The molecular weight excluding hydrogens is 442 g/mol. The molecule has 4 rings (SSSR count). The normalized spacial score (nSPS) is 15.1. The Balaban J connectivity index is 1.84. The summed E-state index contributed by atoms with van der Waals surface area (Å²) in [6, 6.07) is 15.0. The standard InChI is InChI=1S/C28H33N3O2S/c1-18-15-16-24(19(2)17-18)31(28(33)26-20(3)29-21(4)34-26)25(22-11-7-5-8-12-22)27(32)30-23-13-9-6-10-14-23/h5,7-8,11-12,15-17,23,25H,6,9-10,13-14H2,1-4H3,(H,30,32)/t25-/m1/s1. The number of hydrogen-bond acceptors (Lipinski definition) is 4. The highest BCUT2D eigenvalue weighted by molar-refractivity contribution is 7.13. The topological polar surface area (TPSA) is 62.3 Å². The van der Waals surface area contributed by atoms with Gasteiger partial charge in [0.1, 0.15) is 10.9 Å². The van der Waals surface area contributed by atoms with Crippen molar-refractivity contribution in [3.05, 3.63) is 80.8 Å². The van der Waals surface area contributed by atoms with Crippen LogP contribution in [0.15, 0.2) is 48.5 Å². The van der Waals surface area contributed by atoms with Gasteiger partial charge in [-0.15, -0.1) is 11.3 Å². The molecule has 0 aliphatic heterocycles. The maximum absolute atomic E-state index is 14.1. The molecule has 34 heavy (non-hydrogen) atoms. The monoisotopic (exact) mass is 475 g/mol. The smallest absolute Gasteiger partial charge is 0.271 e. The van der Waals surface area contributed by atoms with Gasteiger partial charge in [-0.2, -0.15) is 0 Å². The van der Waals surface area contributed by atoms with Crippen molar-refractivity contribution in [2.75, 3.05) is 4.90 Å². The minimum atomic E-state index is -0.779. The number of carbonyl (C=O) groups excluding carboxylic acids is 2. The Bertz CT molecular complexity index is 1170. The Kier molecular flexibility index (Phi) is 7.47. The molecular formula is C28H33N3O2S.